The van der Waals surface area contributed by atoms with Crippen molar-refractivity contribution in [1.29, 1.82) is 0 Å². The molecule has 0 saturated carbocycles. The van der Waals surface area contributed by atoms with Gasteiger partial charge in [-0.3, -0.25) is 0 Å². The minimum atomic E-state index is 1.17. The lowest BCUT2D eigenvalue weighted by molar-refractivity contribution is 0.610. The molecule has 0 atom stereocenters. The van der Waals surface area contributed by atoms with Gasteiger partial charge in [-0.1, -0.05) is 57.6 Å². The molecule has 0 saturated heterocycles. The van der Waals surface area contributed by atoms with Crippen LogP contribution < -0.4 is 5.32 Å². The van der Waals surface area contributed by atoms with E-state index in [9.17, 15) is 0 Å². The van der Waals surface area contributed by atoms with Gasteiger partial charge < -0.3 is 5.32 Å². The van der Waals surface area contributed by atoms with Gasteiger partial charge in [-0.15, -0.1) is 0 Å². The summed E-state index contributed by atoms with van der Waals surface area (Å²) in [5, 5.41) is 3.19. The standard InChI is InChI=1S/C16H33N/c1-3-4-5-6-7-8-9-10-11-12-13-14-15-16-17-2/h10-11,17H,3-9,12-16H2,1-2H3/b11-10-. The molecule has 1 N–H and O–H groups in total. The largest absolute Gasteiger partial charge is 0.320 e. The predicted octanol–water partition coefficient (Wildman–Crippen LogP) is 5.07. The first-order valence-corrected chi connectivity index (χ1v) is 7.71. The molecular formula is C16H33N. The van der Waals surface area contributed by atoms with Crippen LogP contribution in [0, 0.1) is 0 Å². The zero-order valence-corrected chi connectivity index (χ0v) is 12.1. The highest BCUT2D eigenvalue weighted by atomic mass is 14.8. The fraction of sp³-hybridized carbons (Fsp3) is 0.875. The first-order chi connectivity index (χ1) is 8.41. The minimum Gasteiger partial charge on any atom is -0.320 e. The van der Waals surface area contributed by atoms with E-state index in [0.717, 1.165) is 0 Å². The van der Waals surface area contributed by atoms with E-state index in [1.807, 2.05) is 7.05 Å². The molecule has 0 aromatic carbocycles. The highest BCUT2D eigenvalue weighted by Gasteiger charge is 1.88. The van der Waals surface area contributed by atoms with Crippen LogP contribution in [0.4, 0.5) is 0 Å². The average molecular weight is 239 g/mol. The van der Waals surface area contributed by atoms with E-state index in [1.165, 1.54) is 77.2 Å². The summed E-state index contributed by atoms with van der Waals surface area (Å²) in [6, 6.07) is 0. The molecule has 17 heavy (non-hydrogen) atoms. The van der Waals surface area contributed by atoms with Crippen LogP contribution in [0.25, 0.3) is 0 Å². The number of allylic oxidation sites excluding steroid dienone is 2. The third-order valence-corrected chi connectivity index (χ3v) is 3.19. The van der Waals surface area contributed by atoms with Crippen molar-refractivity contribution in [3.63, 3.8) is 0 Å². The third kappa shape index (κ3) is 15.7. The van der Waals surface area contributed by atoms with Crippen molar-refractivity contribution in [3.8, 4) is 0 Å². The summed E-state index contributed by atoms with van der Waals surface area (Å²) in [6.45, 7) is 3.45. The smallest absolute Gasteiger partial charge is 0.00519 e. The minimum absolute atomic E-state index is 1.17. The van der Waals surface area contributed by atoms with Crippen LogP contribution in [0.3, 0.4) is 0 Å². The van der Waals surface area contributed by atoms with Crippen LogP contribution in [0.2, 0.25) is 0 Å². The molecule has 0 aliphatic rings. The van der Waals surface area contributed by atoms with Crippen LogP contribution in [-0.4, -0.2) is 13.6 Å². The molecule has 102 valence electrons. The Balaban J connectivity index is 2.99. The molecule has 0 unspecified atom stereocenters. The summed E-state index contributed by atoms with van der Waals surface area (Å²) < 4.78 is 0. The Hall–Kier alpha value is -0.300. The summed E-state index contributed by atoms with van der Waals surface area (Å²) in [5.74, 6) is 0. The first-order valence-electron chi connectivity index (χ1n) is 7.71. The molecule has 0 fully saturated rings. The Kier molecular flexibility index (Phi) is 15.4. The van der Waals surface area contributed by atoms with Gasteiger partial charge in [0.05, 0.1) is 0 Å². The fourth-order valence-corrected chi connectivity index (χ4v) is 2.02. The Morgan fingerprint density at radius 1 is 0.706 bits per heavy atom. The van der Waals surface area contributed by atoms with Gasteiger partial charge in [0.1, 0.15) is 0 Å². The van der Waals surface area contributed by atoms with Crippen molar-refractivity contribution >= 4 is 0 Å². The van der Waals surface area contributed by atoms with Gasteiger partial charge in [0, 0.05) is 0 Å². The monoisotopic (exact) mass is 239 g/mol. The molecule has 0 bridgehead atoms. The van der Waals surface area contributed by atoms with E-state index in [-0.39, 0.29) is 0 Å². The van der Waals surface area contributed by atoms with Crippen LogP contribution in [-0.2, 0) is 0 Å². The van der Waals surface area contributed by atoms with Gasteiger partial charge in [0.25, 0.3) is 0 Å². The van der Waals surface area contributed by atoms with E-state index >= 15 is 0 Å². The zero-order chi connectivity index (χ0) is 12.6. The van der Waals surface area contributed by atoms with E-state index in [1.54, 1.807) is 0 Å². The van der Waals surface area contributed by atoms with Crippen molar-refractivity contribution in [2.24, 2.45) is 0 Å². The predicted molar refractivity (Wildman–Crippen MR) is 79.5 cm³/mol. The lowest BCUT2D eigenvalue weighted by Crippen LogP contribution is -2.06. The number of rotatable bonds is 13. The first kappa shape index (κ1) is 16.7. The Labute approximate surface area is 109 Å². The molecular weight excluding hydrogens is 206 g/mol. The Morgan fingerprint density at radius 2 is 1.24 bits per heavy atom. The van der Waals surface area contributed by atoms with E-state index in [0.29, 0.717) is 0 Å². The van der Waals surface area contributed by atoms with E-state index in [2.05, 4.69) is 24.4 Å². The molecule has 0 amide bonds. The van der Waals surface area contributed by atoms with E-state index < -0.39 is 0 Å². The Bertz CT molecular complexity index is 152. The van der Waals surface area contributed by atoms with Crippen molar-refractivity contribution in [1.82, 2.24) is 5.32 Å². The molecule has 1 nitrogen and oxygen atoms in total. The number of hydrogen-bond acceptors (Lipinski definition) is 1. The molecule has 0 rings (SSSR count). The van der Waals surface area contributed by atoms with Gasteiger partial charge in [-0.25, -0.2) is 0 Å². The maximum atomic E-state index is 3.19. The quantitative estimate of drug-likeness (QED) is 0.349. The zero-order valence-electron chi connectivity index (χ0n) is 12.1. The third-order valence-electron chi connectivity index (χ3n) is 3.19. The number of hydrogen-bond donors (Lipinski definition) is 1. The SMILES string of the molecule is CCCCCCCC/C=C\CCCCCNC. The highest BCUT2D eigenvalue weighted by Crippen LogP contribution is 2.08. The lowest BCUT2D eigenvalue weighted by Gasteiger charge is -1.98. The topological polar surface area (TPSA) is 12.0 Å². The summed E-state index contributed by atoms with van der Waals surface area (Å²) in [6.07, 6.45) is 19.8. The van der Waals surface area contributed by atoms with E-state index in [4.69, 9.17) is 0 Å². The van der Waals surface area contributed by atoms with Crippen LogP contribution in [0.15, 0.2) is 12.2 Å². The van der Waals surface area contributed by atoms with Crippen molar-refractivity contribution in [3.05, 3.63) is 12.2 Å². The van der Waals surface area contributed by atoms with Gasteiger partial charge in [0.15, 0.2) is 0 Å². The molecule has 0 aromatic heterocycles. The Morgan fingerprint density at radius 3 is 1.82 bits per heavy atom. The number of nitrogens with one attached hydrogen (secondary N) is 1. The van der Waals surface area contributed by atoms with Crippen molar-refractivity contribution in [2.75, 3.05) is 13.6 Å². The molecule has 0 aliphatic heterocycles. The molecule has 0 heterocycles. The van der Waals surface area contributed by atoms with Crippen molar-refractivity contribution < 1.29 is 0 Å². The summed E-state index contributed by atoms with van der Waals surface area (Å²) >= 11 is 0. The number of unbranched alkanes of at least 4 members (excludes halogenated alkanes) is 9. The maximum Gasteiger partial charge on any atom is -0.00519 e. The molecule has 0 aliphatic carbocycles. The fourth-order valence-electron chi connectivity index (χ4n) is 2.02. The second-order valence-electron chi connectivity index (χ2n) is 4.98. The second-order valence-corrected chi connectivity index (χ2v) is 4.98. The van der Waals surface area contributed by atoms with Crippen molar-refractivity contribution in [2.45, 2.75) is 77.6 Å². The van der Waals surface area contributed by atoms with Crippen LogP contribution in [0.5, 0.6) is 0 Å². The van der Waals surface area contributed by atoms with Gasteiger partial charge in [-0.2, -0.15) is 0 Å². The highest BCUT2D eigenvalue weighted by molar-refractivity contribution is 4.81. The van der Waals surface area contributed by atoms with Gasteiger partial charge in [-0.05, 0) is 45.7 Å². The van der Waals surface area contributed by atoms with Gasteiger partial charge >= 0.3 is 0 Å². The molecule has 0 radical (unpaired) electrons. The summed E-state index contributed by atoms with van der Waals surface area (Å²) in [7, 11) is 2.03. The maximum absolute atomic E-state index is 3.19. The molecule has 0 spiro atoms. The molecule has 1 heteroatoms. The van der Waals surface area contributed by atoms with Crippen LogP contribution in [0.1, 0.15) is 77.6 Å². The summed E-state index contributed by atoms with van der Waals surface area (Å²) in [4.78, 5) is 0. The average Bonchev–Trinajstić information content (AvgIpc) is 2.35. The second kappa shape index (κ2) is 15.7. The van der Waals surface area contributed by atoms with Crippen LogP contribution >= 0.6 is 0 Å². The van der Waals surface area contributed by atoms with Gasteiger partial charge in [0.2, 0.25) is 0 Å². The normalized spacial score (nSPS) is 11.4. The molecule has 0 aromatic rings. The lowest BCUT2D eigenvalue weighted by atomic mass is 10.1. The summed E-state index contributed by atoms with van der Waals surface area (Å²) in [5.41, 5.74) is 0.